The molecule has 2 aromatic rings. The van der Waals surface area contributed by atoms with Crippen molar-refractivity contribution in [1.82, 2.24) is 9.80 Å². The number of hydrogen-bond acceptors (Lipinski definition) is 2. The van der Waals surface area contributed by atoms with Gasteiger partial charge in [-0.25, -0.2) is 0 Å². The molecule has 0 aliphatic carbocycles. The van der Waals surface area contributed by atoms with E-state index >= 15 is 0 Å². The van der Waals surface area contributed by atoms with Crippen molar-refractivity contribution in [3.63, 3.8) is 0 Å². The second-order valence-corrected chi connectivity index (χ2v) is 6.35. The Morgan fingerprint density at radius 1 is 0.958 bits per heavy atom. The van der Waals surface area contributed by atoms with E-state index in [2.05, 4.69) is 29.2 Å². The Hall–Kier alpha value is -2.10. The first-order valence-electron chi connectivity index (χ1n) is 8.21. The molecule has 3 rings (SSSR count). The van der Waals surface area contributed by atoms with Crippen molar-refractivity contribution in [2.75, 3.05) is 32.7 Å². The summed E-state index contributed by atoms with van der Waals surface area (Å²) in [6.07, 6.45) is 4.33. The molecule has 3 nitrogen and oxygen atoms in total. The zero-order chi connectivity index (χ0) is 16.8. The molecule has 0 saturated carbocycles. The van der Waals surface area contributed by atoms with Gasteiger partial charge in [0.15, 0.2) is 0 Å². The quantitative estimate of drug-likeness (QED) is 0.845. The number of piperazine rings is 1. The first kappa shape index (κ1) is 16.7. The molecule has 24 heavy (non-hydrogen) atoms. The van der Waals surface area contributed by atoms with Gasteiger partial charge in [-0.3, -0.25) is 9.69 Å². The lowest BCUT2D eigenvalue weighted by Crippen LogP contribution is -2.48. The minimum atomic E-state index is 0.0890. The van der Waals surface area contributed by atoms with Crippen LogP contribution in [0.15, 0.2) is 60.7 Å². The number of amides is 1. The predicted octanol–water partition coefficient (Wildman–Crippen LogP) is 3.81. The number of hydrogen-bond donors (Lipinski definition) is 0. The van der Waals surface area contributed by atoms with E-state index in [0.717, 1.165) is 32.7 Å². The summed E-state index contributed by atoms with van der Waals surface area (Å²) in [7, 11) is 0. The van der Waals surface area contributed by atoms with E-state index in [9.17, 15) is 4.79 Å². The number of carbonyl (C=O) groups excluding carboxylic acids is 1. The molecular formula is C20H21ClN2O. The molecule has 0 unspecified atom stereocenters. The zero-order valence-electron chi connectivity index (χ0n) is 13.6. The molecule has 0 bridgehead atoms. The molecule has 124 valence electrons. The minimum absolute atomic E-state index is 0.0890. The highest BCUT2D eigenvalue weighted by Crippen LogP contribution is 2.13. The zero-order valence-corrected chi connectivity index (χ0v) is 14.3. The summed E-state index contributed by atoms with van der Waals surface area (Å²) in [6, 6.07) is 17.4. The molecule has 2 aromatic carbocycles. The normalized spacial score (nSPS) is 15.8. The van der Waals surface area contributed by atoms with E-state index < -0.39 is 0 Å². The maximum Gasteiger partial charge on any atom is 0.253 e. The molecule has 1 aliphatic rings. The van der Waals surface area contributed by atoms with Crippen LogP contribution in [-0.2, 0) is 0 Å². The first-order valence-corrected chi connectivity index (χ1v) is 8.59. The van der Waals surface area contributed by atoms with Crippen LogP contribution < -0.4 is 0 Å². The lowest BCUT2D eigenvalue weighted by atomic mass is 10.2. The van der Waals surface area contributed by atoms with Crippen LogP contribution in [0.25, 0.3) is 6.08 Å². The van der Waals surface area contributed by atoms with Gasteiger partial charge in [0.1, 0.15) is 0 Å². The Morgan fingerprint density at radius 2 is 1.62 bits per heavy atom. The topological polar surface area (TPSA) is 23.6 Å². The summed E-state index contributed by atoms with van der Waals surface area (Å²) in [5.41, 5.74) is 1.92. The maximum atomic E-state index is 12.5. The fraction of sp³-hybridized carbons (Fsp3) is 0.250. The SMILES string of the molecule is O=C(c1ccc(Cl)cc1)N1CCN(CC=Cc2ccccc2)CC1. The van der Waals surface area contributed by atoms with Crippen LogP contribution in [0, 0.1) is 0 Å². The van der Waals surface area contributed by atoms with E-state index in [-0.39, 0.29) is 5.91 Å². The monoisotopic (exact) mass is 340 g/mol. The van der Waals surface area contributed by atoms with Crippen LogP contribution in [0.4, 0.5) is 0 Å². The number of rotatable bonds is 4. The third-order valence-electron chi connectivity index (χ3n) is 4.22. The molecule has 1 amide bonds. The smallest absolute Gasteiger partial charge is 0.253 e. The van der Waals surface area contributed by atoms with Crippen LogP contribution in [0.1, 0.15) is 15.9 Å². The Morgan fingerprint density at radius 3 is 2.29 bits per heavy atom. The summed E-state index contributed by atoms with van der Waals surface area (Å²) in [6.45, 7) is 4.25. The third kappa shape index (κ3) is 4.47. The van der Waals surface area contributed by atoms with Crippen molar-refractivity contribution in [3.05, 3.63) is 76.8 Å². The Labute approximate surface area is 148 Å². The second kappa shape index (κ2) is 8.13. The van der Waals surface area contributed by atoms with Gasteiger partial charge in [0.25, 0.3) is 5.91 Å². The van der Waals surface area contributed by atoms with E-state index in [1.807, 2.05) is 23.1 Å². The van der Waals surface area contributed by atoms with E-state index in [1.165, 1.54) is 5.56 Å². The Kier molecular flexibility index (Phi) is 5.68. The number of benzene rings is 2. The van der Waals surface area contributed by atoms with E-state index in [4.69, 9.17) is 11.6 Å². The summed E-state index contributed by atoms with van der Waals surface area (Å²) in [4.78, 5) is 16.8. The highest BCUT2D eigenvalue weighted by atomic mass is 35.5. The van der Waals surface area contributed by atoms with Gasteiger partial charge in [0.2, 0.25) is 0 Å². The molecule has 0 N–H and O–H groups in total. The van der Waals surface area contributed by atoms with Gasteiger partial charge in [-0.1, -0.05) is 54.1 Å². The summed E-state index contributed by atoms with van der Waals surface area (Å²) in [5.74, 6) is 0.0890. The predicted molar refractivity (Wildman–Crippen MR) is 99.3 cm³/mol. The maximum absolute atomic E-state index is 12.5. The van der Waals surface area contributed by atoms with Crippen LogP contribution in [0.2, 0.25) is 5.02 Å². The van der Waals surface area contributed by atoms with Crippen LogP contribution in [0.5, 0.6) is 0 Å². The Bertz CT molecular complexity index is 689. The highest BCUT2D eigenvalue weighted by Gasteiger charge is 2.21. The van der Waals surface area contributed by atoms with Crippen molar-refractivity contribution in [2.24, 2.45) is 0 Å². The standard InChI is InChI=1S/C20H21ClN2O/c21-19-10-8-18(9-11-19)20(24)23-15-13-22(14-16-23)12-4-7-17-5-2-1-3-6-17/h1-11H,12-16H2. The Balaban J connectivity index is 1.48. The van der Waals surface area contributed by atoms with Crippen molar-refractivity contribution in [2.45, 2.75) is 0 Å². The summed E-state index contributed by atoms with van der Waals surface area (Å²) < 4.78 is 0. The summed E-state index contributed by atoms with van der Waals surface area (Å²) in [5, 5.41) is 0.654. The largest absolute Gasteiger partial charge is 0.336 e. The van der Waals surface area contributed by atoms with E-state index in [0.29, 0.717) is 10.6 Å². The molecule has 0 radical (unpaired) electrons. The van der Waals surface area contributed by atoms with Crippen LogP contribution in [-0.4, -0.2) is 48.4 Å². The minimum Gasteiger partial charge on any atom is -0.336 e. The average Bonchev–Trinajstić information content (AvgIpc) is 2.63. The van der Waals surface area contributed by atoms with Crippen molar-refractivity contribution < 1.29 is 4.79 Å². The van der Waals surface area contributed by atoms with E-state index in [1.54, 1.807) is 24.3 Å². The molecule has 4 heteroatoms. The van der Waals surface area contributed by atoms with Crippen molar-refractivity contribution in [1.29, 1.82) is 0 Å². The number of carbonyl (C=O) groups is 1. The van der Waals surface area contributed by atoms with Gasteiger partial charge >= 0.3 is 0 Å². The molecular weight excluding hydrogens is 320 g/mol. The molecule has 0 spiro atoms. The molecule has 1 aliphatic heterocycles. The summed E-state index contributed by atoms with van der Waals surface area (Å²) >= 11 is 5.88. The number of halogens is 1. The van der Waals surface area contributed by atoms with Gasteiger partial charge < -0.3 is 4.90 Å². The van der Waals surface area contributed by atoms with Gasteiger partial charge in [-0.05, 0) is 29.8 Å². The van der Waals surface area contributed by atoms with Crippen LogP contribution >= 0.6 is 11.6 Å². The molecule has 1 saturated heterocycles. The fourth-order valence-electron chi connectivity index (χ4n) is 2.81. The first-order chi connectivity index (χ1) is 11.7. The van der Waals surface area contributed by atoms with Gasteiger partial charge in [0.05, 0.1) is 0 Å². The highest BCUT2D eigenvalue weighted by molar-refractivity contribution is 6.30. The average molecular weight is 341 g/mol. The lowest BCUT2D eigenvalue weighted by molar-refractivity contribution is 0.0650. The second-order valence-electron chi connectivity index (χ2n) is 5.91. The van der Waals surface area contributed by atoms with Gasteiger partial charge in [-0.2, -0.15) is 0 Å². The van der Waals surface area contributed by atoms with Gasteiger partial charge in [-0.15, -0.1) is 0 Å². The van der Waals surface area contributed by atoms with Crippen molar-refractivity contribution in [3.8, 4) is 0 Å². The fourth-order valence-corrected chi connectivity index (χ4v) is 2.94. The number of nitrogens with zero attached hydrogens (tertiary/aromatic N) is 2. The van der Waals surface area contributed by atoms with Crippen molar-refractivity contribution >= 4 is 23.6 Å². The van der Waals surface area contributed by atoms with Gasteiger partial charge in [0, 0.05) is 43.3 Å². The molecule has 1 fully saturated rings. The molecule has 0 atom stereocenters. The van der Waals surface area contributed by atoms with Crippen LogP contribution in [0.3, 0.4) is 0 Å². The third-order valence-corrected chi connectivity index (χ3v) is 4.48. The lowest BCUT2D eigenvalue weighted by Gasteiger charge is -2.34. The molecule has 1 heterocycles. The molecule has 0 aromatic heterocycles.